The molecule has 0 spiro atoms. The van der Waals surface area contributed by atoms with Crippen molar-refractivity contribution in [2.75, 3.05) is 7.11 Å². The Bertz CT molecular complexity index is 854. The summed E-state index contributed by atoms with van der Waals surface area (Å²) in [7, 11) is 1.60. The molecule has 0 radical (unpaired) electrons. The molecule has 24 heavy (non-hydrogen) atoms. The second-order valence-electron chi connectivity index (χ2n) is 4.63. The van der Waals surface area contributed by atoms with Gasteiger partial charge in [-0.25, -0.2) is 4.98 Å². The van der Waals surface area contributed by atoms with E-state index in [1.165, 1.54) is 24.4 Å². The summed E-state index contributed by atoms with van der Waals surface area (Å²) in [4.78, 5) is 16.6. The van der Waals surface area contributed by atoms with Gasteiger partial charge in [-0.15, -0.1) is 0 Å². The summed E-state index contributed by atoms with van der Waals surface area (Å²) in [6, 6.07) is 8.99. The molecule has 2 N–H and O–H groups in total. The van der Waals surface area contributed by atoms with Crippen molar-refractivity contribution in [2.45, 2.75) is 9.99 Å². The molecule has 122 valence electrons. The van der Waals surface area contributed by atoms with Crippen LogP contribution in [0.4, 0.5) is 0 Å². The molecule has 2 aromatic heterocycles. The zero-order valence-corrected chi connectivity index (χ0v) is 13.4. The Labute approximate surface area is 141 Å². The van der Waals surface area contributed by atoms with Gasteiger partial charge in [-0.2, -0.15) is 5.10 Å². The average molecular weight is 343 g/mol. The van der Waals surface area contributed by atoms with Crippen LogP contribution in [0.3, 0.4) is 0 Å². The summed E-state index contributed by atoms with van der Waals surface area (Å²) < 4.78 is 10.5. The molecule has 0 fully saturated rings. The van der Waals surface area contributed by atoms with Crippen molar-refractivity contribution in [2.24, 2.45) is 0 Å². The van der Waals surface area contributed by atoms with E-state index in [1.807, 2.05) is 24.3 Å². The molecule has 7 nitrogen and oxygen atoms in total. The molecule has 0 aliphatic heterocycles. The number of hydrogen-bond donors (Lipinski definition) is 2. The number of carbonyl (C=O) groups excluding carboxylic acids is 1. The lowest BCUT2D eigenvalue weighted by Gasteiger charge is -2.03. The zero-order valence-electron chi connectivity index (χ0n) is 12.6. The zero-order chi connectivity index (χ0) is 16.9. The maximum atomic E-state index is 11.9. The maximum absolute atomic E-state index is 11.9. The summed E-state index contributed by atoms with van der Waals surface area (Å²) in [5, 5.41) is 16.7. The number of aromatic nitrogens is 3. The molecule has 0 aliphatic rings. The number of nitrogens with zero attached hydrogens (tertiary/aromatic N) is 2. The lowest BCUT2D eigenvalue weighted by molar-refractivity contribution is 0.103. The third-order valence-corrected chi connectivity index (χ3v) is 4.10. The Morgan fingerprint density at radius 3 is 2.79 bits per heavy atom. The normalized spacial score (nSPS) is 11.5. The number of rotatable bonds is 6. The predicted octanol–water partition coefficient (Wildman–Crippen LogP) is 3.34. The van der Waals surface area contributed by atoms with Gasteiger partial charge in [-0.05, 0) is 30.3 Å². The standard InChI is InChI=1S/C16H13N3O4S/c1-22-10-2-4-11(5-3-10)24-16-12(6-7-23-16)13(20)8-14(21)15-17-9-18-19-15/h2-9,20H,1H3,(H,17,18,19). The summed E-state index contributed by atoms with van der Waals surface area (Å²) >= 11 is 1.32. The van der Waals surface area contributed by atoms with E-state index in [1.54, 1.807) is 13.2 Å². The molecule has 0 unspecified atom stereocenters. The van der Waals surface area contributed by atoms with E-state index in [9.17, 15) is 9.90 Å². The van der Waals surface area contributed by atoms with Gasteiger partial charge in [0.15, 0.2) is 10.9 Å². The molecule has 0 aliphatic carbocycles. The summed E-state index contributed by atoms with van der Waals surface area (Å²) in [5.74, 6) is 0.113. The number of allylic oxidation sites excluding steroid dienone is 1. The molecule has 0 saturated carbocycles. The van der Waals surface area contributed by atoms with E-state index in [2.05, 4.69) is 15.2 Å². The van der Waals surface area contributed by atoms with Crippen LogP contribution in [0.2, 0.25) is 0 Å². The lowest BCUT2D eigenvalue weighted by Crippen LogP contribution is -1.99. The number of nitrogens with one attached hydrogen (secondary N) is 1. The van der Waals surface area contributed by atoms with Crippen LogP contribution in [0.25, 0.3) is 5.76 Å². The monoisotopic (exact) mass is 343 g/mol. The highest BCUT2D eigenvalue weighted by molar-refractivity contribution is 7.99. The smallest absolute Gasteiger partial charge is 0.226 e. The number of aliphatic hydroxyl groups is 1. The Morgan fingerprint density at radius 1 is 1.33 bits per heavy atom. The van der Waals surface area contributed by atoms with Crippen molar-refractivity contribution >= 4 is 23.3 Å². The molecular weight excluding hydrogens is 330 g/mol. The number of carbonyl (C=O) groups is 1. The highest BCUT2D eigenvalue weighted by atomic mass is 32.2. The van der Waals surface area contributed by atoms with Crippen molar-refractivity contribution < 1.29 is 19.1 Å². The molecule has 8 heteroatoms. The highest BCUT2D eigenvalue weighted by Crippen LogP contribution is 2.34. The van der Waals surface area contributed by atoms with E-state index in [4.69, 9.17) is 9.15 Å². The van der Waals surface area contributed by atoms with Gasteiger partial charge in [0.2, 0.25) is 5.78 Å². The van der Waals surface area contributed by atoms with E-state index in [0.717, 1.165) is 16.7 Å². The Balaban J connectivity index is 1.80. The summed E-state index contributed by atoms with van der Waals surface area (Å²) in [6.45, 7) is 0. The number of ketones is 1. The second-order valence-corrected chi connectivity index (χ2v) is 5.67. The van der Waals surface area contributed by atoms with Crippen LogP contribution in [0.1, 0.15) is 16.2 Å². The largest absolute Gasteiger partial charge is 0.507 e. The van der Waals surface area contributed by atoms with Crippen LogP contribution in [-0.4, -0.2) is 33.2 Å². The quantitative estimate of drug-likeness (QED) is 0.402. The number of aromatic amines is 1. The van der Waals surface area contributed by atoms with E-state index in [0.29, 0.717) is 10.7 Å². The van der Waals surface area contributed by atoms with Gasteiger partial charge < -0.3 is 14.3 Å². The number of aliphatic hydroxyl groups excluding tert-OH is 1. The Morgan fingerprint density at radius 2 is 2.12 bits per heavy atom. The molecular formula is C16H13N3O4S. The number of ether oxygens (including phenoxy) is 1. The van der Waals surface area contributed by atoms with Gasteiger partial charge in [-0.1, -0.05) is 11.8 Å². The molecule has 0 saturated heterocycles. The molecule has 0 bridgehead atoms. The van der Waals surface area contributed by atoms with Gasteiger partial charge in [0.05, 0.1) is 18.9 Å². The van der Waals surface area contributed by atoms with Crippen LogP contribution in [0, 0.1) is 0 Å². The van der Waals surface area contributed by atoms with Gasteiger partial charge >= 0.3 is 0 Å². The minimum absolute atomic E-state index is 0.0504. The fourth-order valence-electron chi connectivity index (χ4n) is 1.91. The minimum atomic E-state index is -0.480. The van der Waals surface area contributed by atoms with Crippen LogP contribution in [0.5, 0.6) is 5.75 Å². The molecule has 1 aromatic carbocycles. The first-order chi connectivity index (χ1) is 11.7. The molecule has 3 aromatic rings. The predicted molar refractivity (Wildman–Crippen MR) is 87.1 cm³/mol. The number of furan rings is 1. The number of methoxy groups -OCH3 is 1. The molecule has 3 rings (SSSR count). The average Bonchev–Trinajstić information content (AvgIpc) is 3.27. The van der Waals surface area contributed by atoms with E-state index >= 15 is 0 Å². The van der Waals surface area contributed by atoms with Crippen LogP contribution in [0.15, 0.2) is 63.4 Å². The highest BCUT2D eigenvalue weighted by Gasteiger charge is 2.15. The van der Waals surface area contributed by atoms with Gasteiger partial charge in [0, 0.05) is 11.0 Å². The number of benzene rings is 1. The van der Waals surface area contributed by atoms with Gasteiger partial charge in [-0.3, -0.25) is 9.89 Å². The topological polar surface area (TPSA) is 101 Å². The number of H-pyrrole nitrogens is 1. The summed E-state index contributed by atoms with van der Waals surface area (Å²) in [6.07, 6.45) is 3.74. The number of hydrogen-bond acceptors (Lipinski definition) is 7. The van der Waals surface area contributed by atoms with Crippen LogP contribution in [-0.2, 0) is 0 Å². The van der Waals surface area contributed by atoms with E-state index in [-0.39, 0.29) is 11.6 Å². The van der Waals surface area contributed by atoms with Crippen molar-refractivity contribution in [3.63, 3.8) is 0 Å². The summed E-state index contributed by atoms with van der Waals surface area (Å²) in [5.41, 5.74) is 0.420. The van der Waals surface area contributed by atoms with Gasteiger partial charge in [0.25, 0.3) is 0 Å². The third-order valence-electron chi connectivity index (χ3n) is 3.09. The Hall–Kier alpha value is -3.00. The minimum Gasteiger partial charge on any atom is -0.507 e. The maximum Gasteiger partial charge on any atom is 0.226 e. The first-order valence-electron chi connectivity index (χ1n) is 6.87. The fourth-order valence-corrected chi connectivity index (χ4v) is 2.78. The van der Waals surface area contributed by atoms with E-state index < -0.39 is 5.78 Å². The van der Waals surface area contributed by atoms with Crippen molar-refractivity contribution in [3.8, 4) is 5.75 Å². The second kappa shape index (κ2) is 7.05. The first-order valence-corrected chi connectivity index (χ1v) is 7.69. The SMILES string of the molecule is COc1ccc(Sc2occc2C(O)=CC(=O)c2ncn[nH]2)cc1. The molecule has 0 atom stereocenters. The third kappa shape index (κ3) is 3.49. The fraction of sp³-hybridized carbons (Fsp3) is 0.0625. The van der Waals surface area contributed by atoms with Crippen molar-refractivity contribution in [3.05, 3.63) is 60.4 Å². The van der Waals surface area contributed by atoms with Crippen LogP contribution >= 0.6 is 11.8 Å². The lowest BCUT2D eigenvalue weighted by atomic mass is 10.2. The molecule has 0 amide bonds. The Kier molecular flexibility index (Phi) is 4.66. The van der Waals surface area contributed by atoms with Crippen LogP contribution < -0.4 is 4.74 Å². The van der Waals surface area contributed by atoms with Crippen molar-refractivity contribution in [1.82, 2.24) is 15.2 Å². The van der Waals surface area contributed by atoms with Gasteiger partial charge in [0.1, 0.15) is 17.8 Å². The van der Waals surface area contributed by atoms with Crippen molar-refractivity contribution in [1.29, 1.82) is 0 Å². The molecule has 2 heterocycles. The first kappa shape index (κ1) is 15.9.